The number of carboxylic acid groups (broad SMARTS) is 1. The van der Waals surface area contributed by atoms with Gasteiger partial charge in [0.25, 0.3) is 5.91 Å². The lowest BCUT2D eigenvalue weighted by molar-refractivity contribution is -0.184. The predicted octanol–water partition coefficient (Wildman–Crippen LogP) is 6.65. The Labute approximate surface area is 223 Å². The van der Waals surface area contributed by atoms with Crippen molar-refractivity contribution in [1.29, 1.82) is 0 Å². The van der Waals surface area contributed by atoms with Gasteiger partial charge in [-0.1, -0.05) is 36.4 Å². The highest BCUT2D eigenvalue weighted by atomic mass is 19.4. The van der Waals surface area contributed by atoms with Crippen LogP contribution in [0, 0.1) is 11.7 Å². The van der Waals surface area contributed by atoms with Crippen LogP contribution in [0.2, 0.25) is 0 Å². The minimum Gasteiger partial charge on any atom is -0.489 e. The number of rotatable bonds is 9. The van der Waals surface area contributed by atoms with E-state index in [2.05, 4.69) is 5.32 Å². The van der Waals surface area contributed by atoms with Crippen molar-refractivity contribution in [1.82, 2.24) is 5.32 Å². The zero-order valence-corrected chi connectivity index (χ0v) is 21.1. The second-order valence-electron chi connectivity index (χ2n) is 9.82. The van der Waals surface area contributed by atoms with E-state index in [1.807, 2.05) is 12.1 Å². The van der Waals surface area contributed by atoms with Crippen molar-refractivity contribution in [2.45, 2.75) is 50.3 Å². The van der Waals surface area contributed by atoms with Crippen LogP contribution in [-0.2, 0) is 16.8 Å². The van der Waals surface area contributed by atoms with E-state index in [1.54, 1.807) is 48.5 Å². The Hall–Kier alpha value is -3.88. The molecule has 0 unspecified atom stereocenters. The van der Waals surface area contributed by atoms with Crippen LogP contribution < -0.4 is 10.1 Å². The molecule has 0 spiro atoms. The van der Waals surface area contributed by atoms with E-state index in [-0.39, 0.29) is 51.1 Å². The molecule has 3 aromatic rings. The van der Waals surface area contributed by atoms with Gasteiger partial charge >= 0.3 is 12.1 Å². The fraction of sp³-hybridized carbons (Fsp3) is 0.333. The number of nitrogens with one attached hydrogen (secondary N) is 1. The summed E-state index contributed by atoms with van der Waals surface area (Å²) in [6.45, 7) is 0.165. The maximum atomic E-state index is 13.5. The smallest absolute Gasteiger partial charge is 0.391 e. The van der Waals surface area contributed by atoms with Gasteiger partial charge in [0.2, 0.25) is 0 Å². The summed E-state index contributed by atoms with van der Waals surface area (Å²) in [5.41, 5.74) is 1.98. The molecule has 206 valence electrons. The van der Waals surface area contributed by atoms with Gasteiger partial charge in [-0.25, -0.2) is 4.39 Å². The van der Waals surface area contributed by atoms with E-state index in [9.17, 15) is 27.2 Å². The van der Waals surface area contributed by atoms with Crippen LogP contribution in [0.5, 0.6) is 5.75 Å². The molecule has 1 fully saturated rings. The SMILES string of the molecule is O=C(O)CCNC(=O)c1ccc(C2(c3ccc(OCc4cccc(F)c4)cc3)CCC(C(F)(F)F)CC2)cc1. The number of ether oxygens (including phenoxy) is 1. The van der Waals surface area contributed by atoms with Gasteiger partial charge in [-0.2, -0.15) is 13.2 Å². The van der Waals surface area contributed by atoms with Crippen LogP contribution in [-0.4, -0.2) is 29.7 Å². The monoisotopic (exact) mass is 543 g/mol. The van der Waals surface area contributed by atoms with Gasteiger partial charge in [-0.05, 0) is 78.8 Å². The average Bonchev–Trinajstić information content (AvgIpc) is 2.91. The molecule has 0 bridgehead atoms. The largest absolute Gasteiger partial charge is 0.489 e. The number of alkyl halides is 3. The van der Waals surface area contributed by atoms with Gasteiger partial charge in [-0.3, -0.25) is 9.59 Å². The van der Waals surface area contributed by atoms with Crippen LogP contribution in [0.25, 0.3) is 0 Å². The summed E-state index contributed by atoms with van der Waals surface area (Å²) in [6, 6.07) is 20.0. The number of benzene rings is 3. The minimum atomic E-state index is -4.25. The number of carboxylic acids is 1. The van der Waals surface area contributed by atoms with E-state index in [1.165, 1.54) is 12.1 Å². The molecule has 4 rings (SSSR count). The standard InChI is InChI=1S/C30H29F4NO4/c31-25-3-1-2-20(18-25)19-39-26-10-8-23(9-11-26)29(15-12-24(13-16-29)30(32,33)34)22-6-4-21(5-7-22)28(38)35-17-14-27(36)37/h1-11,18,24H,12-17,19H2,(H,35,38)(H,36,37). The molecule has 1 aliphatic carbocycles. The molecule has 1 amide bonds. The van der Waals surface area contributed by atoms with Crippen LogP contribution in [0.4, 0.5) is 17.6 Å². The van der Waals surface area contributed by atoms with Crippen molar-refractivity contribution in [2.75, 3.05) is 6.54 Å². The fourth-order valence-corrected chi connectivity index (χ4v) is 5.17. The molecule has 0 radical (unpaired) electrons. The van der Waals surface area contributed by atoms with Crippen molar-refractivity contribution < 1.29 is 37.0 Å². The molecule has 1 aliphatic rings. The molecule has 9 heteroatoms. The average molecular weight is 544 g/mol. The Bertz CT molecular complexity index is 1280. The number of amides is 1. The molecule has 2 N–H and O–H groups in total. The lowest BCUT2D eigenvalue weighted by Crippen LogP contribution is -2.37. The quantitative estimate of drug-likeness (QED) is 0.297. The van der Waals surface area contributed by atoms with Crippen LogP contribution >= 0.6 is 0 Å². The highest BCUT2D eigenvalue weighted by Gasteiger charge is 2.47. The normalized spacial score (nSPS) is 19.3. The third kappa shape index (κ3) is 6.96. The fourth-order valence-electron chi connectivity index (χ4n) is 5.17. The predicted molar refractivity (Wildman–Crippen MR) is 137 cm³/mol. The maximum absolute atomic E-state index is 13.5. The van der Waals surface area contributed by atoms with Crippen molar-refractivity contribution in [3.05, 3.63) is 101 Å². The van der Waals surface area contributed by atoms with Gasteiger partial charge in [0.15, 0.2) is 0 Å². The summed E-state index contributed by atoms with van der Waals surface area (Å²) in [5.74, 6) is -2.61. The van der Waals surface area contributed by atoms with Gasteiger partial charge in [-0.15, -0.1) is 0 Å². The van der Waals surface area contributed by atoms with Crippen LogP contribution in [0.3, 0.4) is 0 Å². The maximum Gasteiger partial charge on any atom is 0.391 e. The second-order valence-corrected chi connectivity index (χ2v) is 9.82. The van der Waals surface area contributed by atoms with E-state index in [4.69, 9.17) is 9.84 Å². The Morgan fingerprint density at radius 1 is 0.949 bits per heavy atom. The molecule has 0 atom stereocenters. The summed E-state index contributed by atoms with van der Waals surface area (Å²) in [6.07, 6.45) is -3.92. The molecule has 0 heterocycles. The van der Waals surface area contributed by atoms with Gasteiger partial charge < -0.3 is 15.2 Å². The second kappa shape index (κ2) is 11.9. The Kier molecular flexibility index (Phi) is 8.57. The van der Waals surface area contributed by atoms with Gasteiger partial charge in [0.1, 0.15) is 18.2 Å². The van der Waals surface area contributed by atoms with E-state index >= 15 is 0 Å². The Balaban J connectivity index is 1.55. The van der Waals surface area contributed by atoms with E-state index < -0.39 is 29.4 Å². The first kappa shape index (κ1) is 28.1. The number of hydrogen-bond donors (Lipinski definition) is 2. The zero-order valence-electron chi connectivity index (χ0n) is 21.1. The molecule has 0 aliphatic heterocycles. The Morgan fingerprint density at radius 3 is 2.13 bits per heavy atom. The topological polar surface area (TPSA) is 75.6 Å². The lowest BCUT2D eigenvalue weighted by atomic mass is 9.63. The number of hydrogen-bond acceptors (Lipinski definition) is 3. The summed E-state index contributed by atoms with van der Waals surface area (Å²) in [5, 5.41) is 11.3. The first-order chi connectivity index (χ1) is 18.6. The zero-order chi connectivity index (χ0) is 28.0. The third-order valence-corrected chi connectivity index (χ3v) is 7.33. The Morgan fingerprint density at radius 2 is 1.56 bits per heavy atom. The number of aliphatic carboxylic acids is 1. The van der Waals surface area contributed by atoms with Gasteiger partial charge in [0.05, 0.1) is 12.3 Å². The molecule has 39 heavy (non-hydrogen) atoms. The van der Waals surface area contributed by atoms with Crippen molar-refractivity contribution in [3.8, 4) is 5.75 Å². The molecule has 0 saturated heterocycles. The van der Waals surface area contributed by atoms with Crippen molar-refractivity contribution in [2.24, 2.45) is 5.92 Å². The van der Waals surface area contributed by atoms with E-state index in [0.717, 1.165) is 11.1 Å². The molecular weight excluding hydrogens is 514 g/mol. The minimum absolute atomic E-state index is 0.00762. The molecule has 0 aromatic heterocycles. The van der Waals surface area contributed by atoms with Crippen LogP contribution in [0.15, 0.2) is 72.8 Å². The number of halogens is 4. The molecule has 5 nitrogen and oxygen atoms in total. The molecule has 3 aromatic carbocycles. The highest BCUT2D eigenvalue weighted by Crippen LogP contribution is 2.50. The summed E-state index contributed by atoms with van der Waals surface area (Å²) < 4.78 is 59.6. The van der Waals surface area contributed by atoms with Gasteiger partial charge in [0, 0.05) is 17.5 Å². The third-order valence-electron chi connectivity index (χ3n) is 7.33. The summed E-state index contributed by atoms with van der Waals surface area (Å²) in [7, 11) is 0. The summed E-state index contributed by atoms with van der Waals surface area (Å²) in [4.78, 5) is 23.1. The van der Waals surface area contributed by atoms with Crippen molar-refractivity contribution in [3.63, 3.8) is 0 Å². The lowest BCUT2D eigenvalue weighted by Gasteiger charge is -2.42. The van der Waals surface area contributed by atoms with Crippen molar-refractivity contribution >= 4 is 11.9 Å². The molecular formula is C30H29F4NO4. The highest BCUT2D eigenvalue weighted by molar-refractivity contribution is 5.94. The number of carbonyl (C=O) groups excluding carboxylic acids is 1. The first-order valence-corrected chi connectivity index (χ1v) is 12.7. The van der Waals surface area contributed by atoms with E-state index in [0.29, 0.717) is 16.9 Å². The summed E-state index contributed by atoms with van der Waals surface area (Å²) >= 11 is 0. The first-order valence-electron chi connectivity index (χ1n) is 12.7. The molecule has 1 saturated carbocycles. The number of carbonyl (C=O) groups is 2. The van der Waals surface area contributed by atoms with Crippen LogP contribution in [0.1, 0.15) is 59.2 Å².